The number of rotatable bonds is 9. The first-order valence-corrected chi connectivity index (χ1v) is 11.1. The molecule has 1 aromatic heterocycles. The monoisotopic (exact) mass is 449 g/mol. The highest BCUT2D eigenvalue weighted by Gasteiger charge is 2.29. The van der Waals surface area contributed by atoms with E-state index in [-0.39, 0.29) is 30.7 Å². The molecular weight excluding hydrogens is 422 g/mol. The second-order valence-corrected chi connectivity index (χ2v) is 8.13. The number of aliphatic carboxylic acids is 1. The lowest BCUT2D eigenvalue weighted by Gasteiger charge is -2.20. The number of fused-ring (bicyclic) bond motifs is 2. The van der Waals surface area contributed by atoms with Crippen molar-refractivity contribution in [3.63, 3.8) is 0 Å². The number of nitrogens with one attached hydrogen (secondary N) is 3. The van der Waals surface area contributed by atoms with E-state index in [1.54, 1.807) is 18.2 Å². The van der Waals surface area contributed by atoms with E-state index in [1.807, 2.05) is 30.3 Å². The number of carbonyl (C=O) groups excluding carboxylic acids is 2. The van der Waals surface area contributed by atoms with Gasteiger partial charge in [-0.3, -0.25) is 14.4 Å². The Bertz CT molecular complexity index is 1130. The van der Waals surface area contributed by atoms with Gasteiger partial charge < -0.3 is 25.6 Å². The Morgan fingerprint density at radius 2 is 1.91 bits per heavy atom. The zero-order chi connectivity index (χ0) is 23.2. The van der Waals surface area contributed by atoms with Crippen LogP contribution in [0.3, 0.4) is 0 Å². The van der Waals surface area contributed by atoms with Crippen molar-refractivity contribution in [3.05, 3.63) is 59.7 Å². The number of carboxylic acid groups (broad SMARTS) is 1. The van der Waals surface area contributed by atoms with Gasteiger partial charge in [0.1, 0.15) is 0 Å². The van der Waals surface area contributed by atoms with Crippen LogP contribution in [0.1, 0.15) is 41.1 Å². The van der Waals surface area contributed by atoms with Gasteiger partial charge in [0, 0.05) is 25.2 Å². The minimum absolute atomic E-state index is 0.0391. The van der Waals surface area contributed by atoms with Crippen molar-refractivity contribution in [2.24, 2.45) is 0 Å². The van der Waals surface area contributed by atoms with E-state index in [0.717, 1.165) is 16.6 Å². The normalized spacial score (nSPS) is 15.7. The molecule has 172 valence electrons. The fourth-order valence-corrected chi connectivity index (χ4v) is 4.15. The van der Waals surface area contributed by atoms with Gasteiger partial charge in [0.2, 0.25) is 11.9 Å². The zero-order valence-corrected chi connectivity index (χ0v) is 18.2. The van der Waals surface area contributed by atoms with Gasteiger partial charge in [-0.2, -0.15) is 0 Å². The van der Waals surface area contributed by atoms with Gasteiger partial charge in [-0.1, -0.05) is 30.3 Å². The number of carboxylic acids is 1. The molecule has 1 aliphatic heterocycles. The standard InChI is InChI=1S/C24H27N5O4/c30-21(25-11-5-12-26-24-27-19-8-3-4-9-20(19)28-24)15-29-13-10-16(14-22(31)32)17-6-1-2-7-18(17)23(29)33/h1-4,6-9,16H,5,10-15H2,(H,25,30)(H,31,32)(H2,26,27,28). The highest BCUT2D eigenvalue weighted by molar-refractivity contribution is 5.98. The van der Waals surface area contributed by atoms with Crippen molar-refractivity contribution in [3.8, 4) is 0 Å². The summed E-state index contributed by atoms with van der Waals surface area (Å²) in [5.41, 5.74) is 3.07. The third-order valence-electron chi connectivity index (χ3n) is 5.78. The van der Waals surface area contributed by atoms with Gasteiger partial charge in [0.05, 0.1) is 24.0 Å². The summed E-state index contributed by atoms with van der Waals surface area (Å²) in [7, 11) is 0. The number of benzene rings is 2. The van der Waals surface area contributed by atoms with Crippen molar-refractivity contribution < 1.29 is 19.5 Å². The van der Waals surface area contributed by atoms with Gasteiger partial charge in [0.15, 0.2) is 0 Å². The van der Waals surface area contributed by atoms with Crippen LogP contribution in [0.2, 0.25) is 0 Å². The second kappa shape index (κ2) is 10.2. The van der Waals surface area contributed by atoms with Crippen LogP contribution in [0, 0.1) is 0 Å². The predicted molar refractivity (Wildman–Crippen MR) is 124 cm³/mol. The molecule has 33 heavy (non-hydrogen) atoms. The number of H-pyrrole nitrogens is 1. The lowest BCUT2D eigenvalue weighted by Crippen LogP contribution is -2.41. The average Bonchev–Trinajstić information content (AvgIpc) is 3.17. The topological polar surface area (TPSA) is 127 Å². The van der Waals surface area contributed by atoms with Crippen LogP contribution in [0.15, 0.2) is 48.5 Å². The molecule has 0 saturated heterocycles. The summed E-state index contributed by atoms with van der Waals surface area (Å²) in [6.45, 7) is 1.38. The maximum Gasteiger partial charge on any atom is 0.303 e. The highest BCUT2D eigenvalue weighted by atomic mass is 16.4. The van der Waals surface area contributed by atoms with E-state index in [9.17, 15) is 19.5 Å². The molecule has 0 fully saturated rings. The first kappa shape index (κ1) is 22.3. The van der Waals surface area contributed by atoms with Crippen molar-refractivity contribution in [2.75, 3.05) is 31.5 Å². The smallest absolute Gasteiger partial charge is 0.303 e. The largest absolute Gasteiger partial charge is 0.481 e. The molecule has 0 aliphatic carbocycles. The SMILES string of the molecule is O=C(O)CC1CCN(CC(=O)NCCCNc2nc3ccccc3[nH]2)C(=O)c2ccccc21. The molecule has 1 aliphatic rings. The number of para-hydroxylation sites is 2. The van der Waals surface area contributed by atoms with Crippen molar-refractivity contribution in [1.82, 2.24) is 20.2 Å². The summed E-state index contributed by atoms with van der Waals surface area (Å²) < 4.78 is 0. The first-order valence-electron chi connectivity index (χ1n) is 11.1. The van der Waals surface area contributed by atoms with Crippen LogP contribution in [-0.2, 0) is 9.59 Å². The molecule has 3 aromatic rings. The van der Waals surface area contributed by atoms with E-state index in [1.165, 1.54) is 4.90 Å². The molecule has 0 bridgehead atoms. The second-order valence-electron chi connectivity index (χ2n) is 8.13. The molecule has 1 atom stereocenters. The number of hydrogen-bond acceptors (Lipinski definition) is 5. The first-order chi connectivity index (χ1) is 16.0. The summed E-state index contributed by atoms with van der Waals surface area (Å²) in [5.74, 6) is -0.932. The molecule has 9 heteroatoms. The summed E-state index contributed by atoms with van der Waals surface area (Å²) in [6.07, 6.45) is 1.16. The fourth-order valence-electron chi connectivity index (χ4n) is 4.15. The Morgan fingerprint density at radius 1 is 1.12 bits per heavy atom. The third-order valence-corrected chi connectivity index (χ3v) is 5.78. The fraction of sp³-hybridized carbons (Fsp3) is 0.333. The Hall–Kier alpha value is -3.88. The van der Waals surface area contributed by atoms with Crippen LogP contribution in [0.25, 0.3) is 11.0 Å². The molecule has 4 rings (SSSR count). The molecular formula is C24H27N5O4. The van der Waals surface area contributed by atoms with E-state index < -0.39 is 5.97 Å². The van der Waals surface area contributed by atoms with E-state index in [0.29, 0.717) is 44.0 Å². The predicted octanol–water partition coefficient (Wildman–Crippen LogP) is 2.59. The van der Waals surface area contributed by atoms with Crippen LogP contribution >= 0.6 is 0 Å². The summed E-state index contributed by atoms with van der Waals surface area (Å²) in [4.78, 5) is 45.8. The maximum atomic E-state index is 13.0. The summed E-state index contributed by atoms with van der Waals surface area (Å²) >= 11 is 0. The highest BCUT2D eigenvalue weighted by Crippen LogP contribution is 2.31. The quantitative estimate of drug-likeness (QED) is 0.372. The van der Waals surface area contributed by atoms with Crippen LogP contribution < -0.4 is 10.6 Å². The van der Waals surface area contributed by atoms with Crippen molar-refractivity contribution in [2.45, 2.75) is 25.2 Å². The number of imidazole rings is 1. The minimum Gasteiger partial charge on any atom is -0.481 e. The summed E-state index contributed by atoms with van der Waals surface area (Å²) in [5, 5.41) is 15.3. The van der Waals surface area contributed by atoms with Crippen LogP contribution in [-0.4, -0.2) is 63.9 Å². The molecule has 0 saturated carbocycles. The minimum atomic E-state index is -0.898. The average molecular weight is 450 g/mol. The van der Waals surface area contributed by atoms with Gasteiger partial charge in [-0.15, -0.1) is 0 Å². The zero-order valence-electron chi connectivity index (χ0n) is 18.2. The molecule has 1 unspecified atom stereocenters. The molecule has 2 aromatic carbocycles. The number of aromatic nitrogens is 2. The number of hydrogen-bond donors (Lipinski definition) is 4. The molecule has 2 heterocycles. The third kappa shape index (κ3) is 5.49. The van der Waals surface area contributed by atoms with Gasteiger partial charge in [0.25, 0.3) is 5.91 Å². The van der Waals surface area contributed by atoms with Crippen molar-refractivity contribution in [1.29, 1.82) is 0 Å². The Morgan fingerprint density at radius 3 is 2.73 bits per heavy atom. The number of carbonyl (C=O) groups is 3. The lowest BCUT2D eigenvalue weighted by molar-refractivity contribution is -0.137. The number of nitrogens with zero attached hydrogens (tertiary/aromatic N) is 2. The maximum absolute atomic E-state index is 13.0. The molecule has 2 amide bonds. The van der Waals surface area contributed by atoms with Gasteiger partial charge in [-0.25, -0.2) is 4.98 Å². The lowest BCUT2D eigenvalue weighted by atomic mass is 9.90. The number of anilines is 1. The molecule has 9 nitrogen and oxygen atoms in total. The van der Waals surface area contributed by atoms with Gasteiger partial charge >= 0.3 is 5.97 Å². The Labute approximate surface area is 191 Å². The van der Waals surface area contributed by atoms with Crippen LogP contribution in [0.5, 0.6) is 0 Å². The molecule has 4 N–H and O–H groups in total. The Kier molecular flexibility index (Phi) is 6.87. The van der Waals surface area contributed by atoms with E-state index in [4.69, 9.17) is 0 Å². The molecule has 0 spiro atoms. The number of amides is 2. The van der Waals surface area contributed by atoms with Crippen molar-refractivity contribution >= 4 is 34.8 Å². The molecule has 0 radical (unpaired) electrons. The summed E-state index contributed by atoms with van der Waals surface area (Å²) in [6, 6.07) is 14.8. The Balaban J connectivity index is 1.26. The van der Waals surface area contributed by atoms with Crippen LogP contribution in [0.4, 0.5) is 5.95 Å². The van der Waals surface area contributed by atoms with Gasteiger partial charge in [-0.05, 0) is 42.5 Å². The number of aromatic amines is 1. The van der Waals surface area contributed by atoms with E-state index in [2.05, 4.69) is 20.6 Å². The van der Waals surface area contributed by atoms with E-state index >= 15 is 0 Å².